The van der Waals surface area contributed by atoms with E-state index in [9.17, 15) is 22.9 Å². The predicted molar refractivity (Wildman–Crippen MR) is 72.3 cm³/mol. The van der Waals surface area contributed by atoms with Gasteiger partial charge in [-0.3, -0.25) is 10.1 Å². The molecule has 1 unspecified atom stereocenters. The maximum absolute atomic E-state index is 13.1. The Morgan fingerprint density at radius 1 is 1.52 bits per heavy atom. The van der Waals surface area contributed by atoms with Crippen molar-refractivity contribution in [3.63, 3.8) is 0 Å². The highest BCUT2D eigenvalue weighted by atomic mass is 32.2. The molecule has 0 aliphatic carbocycles. The highest BCUT2D eigenvalue weighted by Crippen LogP contribution is 2.27. The van der Waals surface area contributed by atoms with Gasteiger partial charge in [-0.25, -0.2) is 12.8 Å². The van der Waals surface area contributed by atoms with E-state index < -0.39 is 37.3 Å². The van der Waals surface area contributed by atoms with Gasteiger partial charge in [0.1, 0.15) is 5.82 Å². The van der Waals surface area contributed by atoms with Crippen LogP contribution in [0.5, 0.6) is 0 Å². The van der Waals surface area contributed by atoms with Gasteiger partial charge in [-0.2, -0.15) is 9.57 Å². The molecule has 7 nitrogen and oxygen atoms in total. The summed E-state index contributed by atoms with van der Waals surface area (Å²) in [5.74, 6) is -1.46. The molecule has 114 valence electrons. The van der Waals surface area contributed by atoms with Crippen molar-refractivity contribution in [1.82, 2.24) is 4.31 Å². The van der Waals surface area contributed by atoms with Gasteiger partial charge in [0, 0.05) is 13.1 Å². The highest BCUT2D eigenvalue weighted by Gasteiger charge is 2.32. The normalized spacial score (nSPS) is 12.9. The van der Waals surface area contributed by atoms with Crippen LogP contribution in [0, 0.1) is 33.2 Å². The third-order valence-corrected chi connectivity index (χ3v) is 4.77. The van der Waals surface area contributed by atoms with Gasteiger partial charge in [0.25, 0.3) is 5.69 Å². The van der Waals surface area contributed by atoms with Crippen LogP contribution in [0.2, 0.25) is 0 Å². The molecule has 0 aliphatic rings. The number of hydrogen-bond donors (Lipinski definition) is 0. The first kappa shape index (κ1) is 17.0. The second-order valence-electron chi connectivity index (χ2n) is 4.35. The van der Waals surface area contributed by atoms with Crippen LogP contribution >= 0.6 is 0 Å². The number of rotatable bonds is 6. The van der Waals surface area contributed by atoms with Crippen molar-refractivity contribution in [3.8, 4) is 6.07 Å². The Morgan fingerprint density at radius 2 is 2.14 bits per heavy atom. The molecule has 0 saturated carbocycles. The Morgan fingerprint density at radius 3 is 2.62 bits per heavy atom. The maximum Gasteiger partial charge on any atom is 0.292 e. The van der Waals surface area contributed by atoms with E-state index in [1.807, 2.05) is 6.07 Å². The topological polar surface area (TPSA) is 104 Å². The number of hydrogen-bond acceptors (Lipinski definition) is 5. The Bertz CT molecular complexity index is 684. The van der Waals surface area contributed by atoms with Gasteiger partial charge in [-0.15, -0.1) is 0 Å². The van der Waals surface area contributed by atoms with E-state index in [4.69, 9.17) is 5.26 Å². The van der Waals surface area contributed by atoms with Crippen molar-refractivity contribution >= 4 is 15.7 Å². The number of nitro groups is 1. The molecule has 1 rings (SSSR count). The first-order chi connectivity index (χ1) is 9.73. The highest BCUT2D eigenvalue weighted by molar-refractivity contribution is 7.89. The number of benzene rings is 1. The van der Waals surface area contributed by atoms with Crippen molar-refractivity contribution in [3.05, 3.63) is 34.1 Å². The van der Waals surface area contributed by atoms with Gasteiger partial charge in [0.05, 0.1) is 23.0 Å². The molecule has 0 fully saturated rings. The van der Waals surface area contributed by atoms with Crippen LogP contribution in [0.3, 0.4) is 0 Å². The summed E-state index contributed by atoms with van der Waals surface area (Å²) in [4.78, 5) is 9.38. The standard InChI is InChI=1S/C12H14FN3O4S/c1-3-15(8-9(2)7-14)21(19,20)12-5-4-10(13)6-11(12)16(17)18/h4-6,9H,3,8H2,1-2H3. The van der Waals surface area contributed by atoms with Gasteiger partial charge in [0.2, 0.25) is 10.0 Å². The minimum absolute atomic E-state index is 0.0445. The second-order valence-corrected chi connectivity index (χ2v) is 6.26. The van der Waals surface area contributed by atoms with Gasteiger partial charge < -0.3 is 0 Å². The maximum atomic E-state index is 13.1. The summed E-state index contributed by atoms with van der Waals surface area (Å²) in [6.45, 7) is 3.04. The molecule has 0 heterocycles. The largest absolute Gasteiger partial charge is 0.292 e. The lowest BCUT2D eigenvalue weighted by Gasteiger charge is -2.21. The summed E-state index contributed by atoms with van der Waals surface area (Å²) in [5, 5.41) is 19.7. The fraction of sp³-hybridized carbons (Fsp3) is 0.417. The SMILES string of the molecule is CCN(CC(C)C#N)S(=O)(=O)c1ccc(F)cc1[N+](=O)[O-]. The Kier molecular flexibility index (Phi) is 5.34. The zero-order valence-corrected chi connectivity index (χ0v) is 12.3. The zero-order valence-electron chi connectivity index (χ0n) is 11.5. The molecular weight excluding hydrogens is 301 g/mol. The molecule has 1 aromatic rings. The Hall–Kier alpha value is -2.05. The summed E-state index contributed by atoms with van der Waals surface area (Å²) in [5.41, 5.74) is -0.821. The number of nitrogens with zero attached hydrogens (tertiary/aromatic N) is 3. The molecule has 0 spiro atoms. The van der Waals surface area contributed by atoms with E-state index in [1.165, 1.54) is 6.92 Å². The van der Waals surface area contributed by atoms with Crippen molar-refractivity contribution in [2.24, 2.45) is 5.92 Å². The molecule has 1 aromatic carbocycles. The summed E-state index contributed by atoms with van der Waals surface area (Å²) in [6, 6.07) is 4.18. The van der Waals surface area contributed by atoms with Gasteiger partial charge in [-0.1, -0.05) is 6.92 Å². The first-order valence-corrected chi connectivity index (χ1v) is 7.51. The van der Waals surface area contributed by atoms with E-state index in [1.54, 1.807) is 6.92 Å². The first-order valence-electron chi connectivity index (χ1n) is 6.07. The molecule has 0 bridgehead atoms. The van der Waals surface area contributed by atoms with Crippen molar-refractivity contribution < 1.29 is 17.7 Å². The quantitative estimate of drug-likeness (QED) is 0.589. The van der Waals surface area contributed by atoms with Gasteiger partial charge in [-0.05, 0) is 19.1 Å². The fourth-order valence-electron chi connectivity index (χ4n) is 1.73. The molecule has 9 heteroatoms. The van der Waals surface area contributed by atoms with E-state index in [0.717, 1.165) is 16.4 Å². The third-order valence-electron chi connectivity index (χ3n) is 2.79. The minimum atomic E-state index is -4.17. The lowest BCUT2D eigenvalue weighted by Crippen LogP contribution is -2.34. The summed E-state index contributed by atoms with van der Waals surface area (Å²) in [7, 11) is -4.17. The van der Waals surface area contributed by atoms with Crippen LogP contribution < -0.4 is 0 Å². The molecule has 0 saturated heterocycles. The number of halogens is 1. The molecule has 0 radical (unpaired) electrons. The third kappa shape index (κ3) is 3.74. The Balaban J connectivity index is 3.36. The predicted octanol–water partition coefficient (Wildman–Crippen LogP) is 1.90. The van der Waals surface area contributed by atoms with E-state index >= 15 is 0 Å². The number of nitriles is 1. The molecular formula is C12H14FN3O4S. The summed E-state index contributed by atoms with van der Waals surface area (Å²) in [6.07, 6.45) is 0. The number of sulfonamides is 1. The lowest BCUT2D eigenvalue weighted by atomic mass is 10.2. The minimum Gasteiger partial charge on any atom is -0.258 e. The van der Waals surface area contributed by atoms with Crippen molar-refractivity contribution in [2.45, 2.75) is 18.7 Å². The van der Waals surface area contributed by atoms with E-state index in [-0.39, 0.29) is 13.1 Å². The molecule has 0 N–H and O–H groups in total. The lowest BCUT2D eigenvalue weighted by molar-refractivity contribution is -0.388. The second kappa shape index (κ2) is 6.60. The molecule has 0 aromatic heterocycles. The smallest absolute Gasteiger partial charge is 0.258 e. The van der Waals surface area contributed by atoms with Crippen LogP contribution in [0.25, 0.3) is 0 Å². The van der Waals surface area contributed by atoms with E-state index in [0.29, 0.717) is 6.07 Å². The van der Waals surface area contributed by atoms with Crippen LogP contribution in [0.1, 0.15) is 13.8 Å². The molecule has 0 aliphatic heterocycles. The Labute approximate surface area is 121 Å². The van der Waals surface area contributed by atoms with Crippen molar-refractivity contribution in [2.75, 3.05) is 13.1 Å². The molecule has 1 atom stereocenters. The van der Waals surface area contributed by atoms with Crippen molar-refractivity contribution in [1.29, 1.82) is 5.26 Å². The summed E-state index contributed by atoms with van der Waals surface area (Å²) < 4.78 is 38.9. The molecule has 21 heavy (non-hydrogen) atoms. The zero-order chi connectivity index (χ0) is 16.2. The van der Waals surface area contributed by atoms with Crippen LogP contribution in [0.15, 0.2) is 23.1 Å². The number of nitro benzene ring substituents is 1. The van der Waals surface area contributed by atoms with Crippen LogP contribution in [-0.4, -0.2) is 30.7 Å². The van der Waals surface area contributed by atoms with Crippen LogP contribution in [-0.2, 0) is 10.0 Å². The van der Waals surface area contributed by atoms with Gasteiger partial charge >= 0.3 is 0 Å². The van der Waals surface area contributed by atoms with Crippen LogP contribution in [0.4, 0.5) is 10.1 Å². The average Bonchev–Trinajstić information content (AvgIpc) is 2.43. The fourth-order valence-corrected chi connectivity index (χ4v) is 3.41. The monoisotopic (exact) mass is 315 g/mol. The average molecular weight is 315 g/mol. The summed E-state index contributed by atoms with van der Waals surface area (Å²) >= 11 is 0. The molecule has 0 amide bonds. The van der Waals surface area contributed by atoms with Gasteiger partial charge in [0.15, 0.2) is 4.90 Å². The van der Waals surface area contributed by atoms with E-state index in [2.05, 4.69) is 0 Å².